The second-order valence-electron chi connectivity index (χ2n) is 4.60. The predicted octanol–water partition coefficient (Wildman–Crippen LogP) is 5.12. The van der Waals surface area contributed by atoms with Crippen LogP contribution in [0.2, 0.25) is 0 Å². The van der Waals surface area contributed by atoms with Crippen LogP contribution in [0.4, 0.5) is 5.69 Å². The van der Waals surface area contributed by atoms with Crippen molar-refractivity contribution >= 4 is 50.3 Å². The van der Waals surface area contributed by atoms with E-state index in [1.807, 2.05) is 0 Å². The van der Waals surface area contributed by atoms with Crippen molar-refractivity contribution in [3.05, 3.63) is 25.7 Å². The van der Waals surface area contributed by atoms with Gasteiger partial charge in [0.05, 0.1) is 16.1 Å². The van der Waals surface area contributed by atoms with E-state index in [-0.39, 0.29) is 11.9 Å². The van der Waals surface area contributed by atoms with E-state index in [9.17, 15) is 4.79 Å². The minimum Gasteiger partial charge on any atom is -0.462 e. The van der Waals surface area contributed by atoms with Crippen LogP contribution >= 0.6 is 38.6 Å². The number of nitrogen functional groups attached to an aromatic ring is 1. The Morgan fingerprint density at radius 1 is 1.50 bits per heavy atom. The van der Waals surface area contributed by atoms with E-state index < -0.39 is 0 Å². The summed E-state index contributed by atoms with van der Waals surface area (Å²) < 4.78 is 6.14. The van der Waals surface area contributed by atoms with Gasteiger partial charge in [0.15, 0.2) is 0 Å². The lowest BCUT2D eigenvalue weighted by Crippen LogP contribution is -2.06. The van der Waals surface area contributed by atoms with Gasteiger partial charge in [0, 0.05) is 15.8 Å². The molecule has 0 aromatic carbocycles. The molecule has 20 heavy (non-hydrogen) atoms. The van der Waals surface area contributed by atoms with Crippen molar-refractivity contribution in [1.29, 1.82) is 0 Å². The van der Waals surface area contributed by atoms with Crippen molar-refractivity contribution in [1.82, 2.24) is 0 Å². The summed E-state index contributed by atoms with van der Waals surface area (Å²) in [5.41, 5.74) is 8.86. The van der Waals surface area contributed by atoms with Gasteiger partial charge in [0.2, 0.25) is 0 Å². The fourth-order valence-corrected chi connectivity index (χ4v) is 4.50. The topological polar surface area (TPSA) is 52.3 Å². The van der Waals surface area contributed by atoms with Crippen LogP contribution in [0.25, 0.3) is 10.4 Å². The molecule has 0 radical (unpaired) electrons. The van der Waals surface area contributed by atoms with Crippen molar-refractivity contribution in [3.63, 3.8) is 0 Å². The van der Waals surface area contributed by atoms with E-state index in [1.54, 1.807) is 18.3 Å². The number of hydrogen-bond acceptors (Lipinski definition) is 5. The summed E-state index contributed by atoms with van der Waals surface area (Å²) in [5.74, 6) is -0.0828. The van der Waals surface area contributed by atoms with E-state index in [4.69, 9.17) is 10.5 Å². The van der Waals surface area contributed by atoms with E-state index in [1.165, 1.54) is 11.3 Å². The quantitative estimate of drug-likeness (QED) is 0.756. The first kappa shape index (κ1) is 15.5. The van der Waals surface area contributed by atoms with Crippen LogP contribution in [0.3, 0.4) is 0 Å². The molecule has 2 heterocycles. The number of carbonyl (C=O) groups is 1. The molecule has 0 atom stereocenters. The number of hydrogen-bond donors (Lipinski definition) is 1. The molecule has 2 aromatic heterocycles. The molecule has 0 spiro atoms. The monoisotopic (exact) mass is 373 g/mol. The minimum absolute atomic E-state index is 0.253. The molecule has 0 saturated heterocycles. The van der Waals surface area contributed by atoms with Gasteiger partial charge in [-0.1, -0.05) is 13.8 Å². The first-order chi connectivity index (χ1) is 9.45. The molecule has 3 nitrogen and oxygen atoms in total. The Balaban J connectivity index is 2.56. The number of nitrogens with two attached hydrogens (primary N) is 1. The Morgan fingerprint density at radius 3 is 2.70 bits per heavy atom. The lowest BCUT2D eigenvalue weighted by Gasteiger charge is -2.07. The van der Waals surface area contributed by atoms with Gasteiger partial charge in [0.25, 0.3) is 0 Å². The van der Waals surface area contributed by atoms with Crippen LogP contribution in [0.5, 0.6) is 0 Å². The van der Waals surface area contributed by atoms with Crippen LogP contribution in [-0.4, -0.2) is 12.6 Å². The Bertz CT molecular complexity index is 631. The molecule has 108 valence electrons. The highest BCUT2D eigenvalue weighted by atomic mass is 79.9. The first-order valence-corrected chi connectivity index (χ1v) is 8.78. The summed E-state index contributed by atoms with van der Waals surface area (Å²) in [4.78, 5) is 13.6. The maximum absolute atomic E-state index is 12.0. The number of esters is 1. The Morgan fingerprint density at radius 2 is 2.20 bits per heavy atom. The van der Waals surface area contributed by atoms with Gasteiger partial charge in [-0.2, -0.15) is 0 Å². The fraction of sp³-hybridized carbons (Fsp3) is 0.357. The van der Waals surface area contributed by atoms with Gasteiger partial charge >= 0.3 is 5.97 Å². The zero-order valence-corrected chi connectivity index (χ0v) is 14.7. The minimum atomic E-state index is -0.336. The molecule has 2 N–H and O–H groups in total. The van der Waals surface area contributed by atoms with Crippen molar-refractivity contribution in [2.24, 2.45) is 0 Å². The average molecular weight is 374 g/mol. The van der Waals surface area contributed by atoms with Gasteiger partial charge in [-0.15, -0.1) is 22.7 Å². The van der Waals surface area contributed by atoms with Gasteiger partial charge in [0.1, 0.15) is 4.88 Å². The maximum Gasteiger partial charge on any atom is 0.350 e. The second-order valence-corrected chi connectivity index (χ2v) is 7.91. The van der Waals surface area contributed by atoms with Crippen LogP contribution in [-0.2, 0) is 4.74 Å². The third-order valence-electron chi connectivity index (χ3n) is 2.85. The van der Waals surface area contributed by atoms with Gasteiger partial charge in [-0.3, -0.25) is 0 Å². The molecule has 0 unspecified atom stereocenters. The van der Waals surface area contributed by atoms with Crippen LogP contribution < -0.4 is 5.73 Å². The number of ether oxygens (including phenoxy) is 1. The fourth-order valence-electron chi connectivity index (χ4n) is 2.02. The van der Waals surface area contributed by atoms with Crippen molar-refractivity contribution < 1.29 is 9.53 Å². The lowest BCUT2D eigenvalue weighted by atomic mass is 9.99. The molecule has 0 amide bonds. The molecular weight excluding hydrogens is 358 g/mol. The number of carbonyl (C=O) groups excluding carboxylic acids is 1. The highest BCUT2D eigenvalue weighted by molar-refractivity contribution is 9.11. The predicted molar refractivity (Wildman–Crippen MR) is 89.8 cm³/mol. The average Bonchev–Trinajstić information content (AvgIpc) is 2.93. The summed E-state index contributed by atoms with van der Waals surface area (Å²) in [5, 5.41) is 2.07. The summed E-state index contributed by atoms with van der Waals surface area (Å²) in [7, 11) is 0. The van der Waals surface area contributed by atoms with Crippen molar-refractivity contribution in [2.75, 3.05) is 12.3 Å². The van der Waals surface area contributed by atoms with E-state index in [2.05, 4.69) is 41.2 Å². The number of thiophene rings is 2. The summed E-state index contributed by atoms with van der Waals surface area (Å²) in [6.45, 7) is 6.31. The van der Waals surface area contributed by atoms with E-state index in [0.717, 1.165) is 19.8 Å². The standard InChI is InChI=1S/C14H16BrNO2S2/c1-4-18-14(17)13-11(16)10(7(2)3)12(20-13)8-5-9(15)19-6-8/h5-7H,4,16H2,1-3H3. The molecule has 0 aliphatic heterocycles. The van der Waals surface area contributed by atoms with Crippen molar-refractivity contribution in [3.8, 4) is 10.4 Å². The normalized spacial score (nSPS) is 11.1. The molecule has 6 heteroatoms. The number of halogens is 1. The van der Waals surface area contributed by atoms with Crippen LogP contribution in [0.15, 0.2) is 15.2 Å². The van der Waals surface area contributed by atoms with Gasteiger partial charge in [-0.25, -0.2) is 4.79 Å². The van der Waals surface area contributed by atoms with Gasteiger partial charge in [-0.05, 0) is 40.4 Å². The number of rotatable bonds is 4. The second kappa shape index (κ2) is 6.28. The zero-order chi connectivity index (χ0) is 14.9. The van der Waals surface area contributed by atoms with Crippen LogP contribution in [0, 0.1) is 0 Å². The summed E-state index contributed by atoms with van der Waals surface area (Å²) >= 11 is 6.51. The van der Waals surface area contributed by atoms with Crippen LogP contribution in [0.1, 0.15) is 41.9 Å². The third kappa shape index (κ3) is 2.92. The molecule has 2 aromatic rings. The molecule has 0 aliphatic carbocycles. The SMILES string of the molecule is CCOC(=O)c1sc(-c2csc(Br)c2)c(C(C)C)c1N. The molecule has 0 aliphatic rings. The summed E-state index contributed by atoms with van der Waals surface area (Å²) in [6.07, 6.45) is 0. The largest absolute Gasteiger partial charge is 0.462 e. The Hall–Kier alpha value is -0.850. The zero-order valence-electron chi connectivity index (χ0n) is 11.5. The molecule has 0 saturated carbocycles. The molecule has 2 rings (SSSR count). The highest BCUT2D eigenvalue weighted by Gasteiger charge is 2.24. The molecule has 0 bridgehead atoms. The highest BCUT2D eigenvalue weighted by Crippen LogP contribution is 2.44. The van der Waals surface area contributed by atoms with E-state index >= 15 is 0 Å². The molecule has 0 fully saturated rings. The van der Waals surface area contributed by atoms with Gasteiger partial charge < -0.3 is 10.5 Å². The third-order valence-corrected chi connectivity index (χ3v) is 5.61. The first-order valence-electron chi connectivity index (χ1n) is 6.29. The van der Waals surface area contributed by atoms with E-state index in [0.29, 0.717) is 17.2 Å². The Kier molecular flexibility index (Phi) is 4.88. The Labute approximate surface area is 134 Å². The van der Waals surface area contributed by atoms with Crippen molar-refractivity contribution in [2.45, 2.75) is 26.7 Å². The molecular formula is C14H16BrNO2S2. The number of anilines is 1. The maximum atomic E-state index is 12.0. The summed E-state index contributed by atoms with van der Waals surface area (Å²) in [6, 6.07) is 2.05. The lowest BCUT2D eigenvalue weighted by molar-refractivity contribution is 0.0533. The smallest absolute Gasteiger partial charge is 0.350 e.